The molecule has 4 nitrogen and oxygen atoms in total. The molecule has 1 aromatic rings. The van der Waals surface area contributed by atoms with Gasteiger partial charge in [-0.2, -0.15) is 0 Å². The first-order valence-electron chi connectivity index (χ1n) is 7.13. The van der Waals surface area contributed by atoms with Crippen LogP contribution in [0.5, 0.6) is 5.75 Å². The summed E-state index contributed by atoms with van der Waals surface area (Å²) in [5.41, 5.74) is 1.14. The number of benzene rings is 1. The lowest BCUT2D eigenvalue weighted by Gasteiger charge is -2.24. The van der Waals surface area contributed by atoms with Crippen molar-refractivity contribution in [2.24, 2.45) is 5.92 Å². The summed E-state index contributed by atoms with van der Waals surface area (Å²) in [6, 6.07) is 8.02. The number of sulfone groups is 1. The van der Waals surface area contributed by atoms with Crippen LogP contribution in [0.1, 0.15) is 31.4 Å². The number of hydrogen-bond donors (Lipinski definition) is 1. The summed E-state index contributed by atoms with van der Waals surface area (Å²) in [6.45, 7) is 3.01. The lowest BCUT2D eigenvalue weighted by atomic mass is 9.92. The number of hydrogen-bond acceptors (Lipinski definition) is 4. The molecule has 1 heterocycles. The average molecular weight is 297 g/mol. The molecule has 1 fully saturated rings. The maximum Gasteiger partial charge on any atom is 0.150 e. The van der Waals surface area contributed by atoms with Crippen molar-refractivity contribution in [1.82, 2.24) is 5.32 Å². The number of ether oxygens (including phenoxy) is 1. The van der Waals surface area contributed by atoms with Gasteiger partial charge in [-0.15, -0.1) is 0 Å². The molecule has 0 radical (unpaired) electrons. The van der Waals surface area contributed by atoms with Crippen molar-refractivity contribution in [3.8, 4) is 5.75 Å². The van der Waals surface area contributed by atoms with Crippen molar-refractivity contribution >= 4 is 9.84 Å². The van der Waals surface area contributed by atoms with Crippen molar-refractivity contribution in [2.45, 2.75) is 25.8 Å². The third kappa shape index (κ3) is 3.73. The molecule has 1 saturated heterocycles. The van der Waals surface area contributed by atoms with E-state index in [1.54, 1.807) is 7.11 Å². The summed E-state index contributed by atoms with van der Waals surface area (Å²) in [7, 11) is -1.21. The Labute approximate surface area is 121 Å². The zero-order valence-corrected chi connectivity index (χ0v) is 12.9. The van der Waals surface area contributed by atoms with Crippen molar-refractivity contribution < 1.29 is 13.2 Å². The highest BCUT2D eigenvalue weighted by Crippen LogP contribution is 2.32. The Morgan fingerprint density at radius 2 is 2.05 bits per heavy atom. The lowest BCUT2D eigenvalue weighted by Crippen LogP contribution is -2.29. The second-order valence-corrected chi connectivity index (χ2v) is 7.60. The minimum atomic E-state index is -2.85. The molecule has 20 heavy (non-hydrogen) atoms. The second kappa shape index (κ2) is 6.59. The highest BCUT2D eigenvalue weighted by atomic mass is 32.2. The van der Waals surface area contributed by atoms with Gasteiger partial charge in [0.05, 0.1) is 18.6 Å². The molecule has 0 aliphatic carbocycles. The Bertz CT molecular complexity index is 525. The number of rotatable bonds is 6. The third-order valence-corrected chi connectivity index (χ3v) is 5.62. The zero-order chi connectivity index (χ0) is 14.6. The van der Waals surface area contributed by atoms with Crippen LogP contribution in [0.25, 0.3) is 0 Å². The molecule has 112 valence electrons. The average Bonchev–Trinajstić information content (AvgIpc) is 2.80. The minimum absolute atomic E-state index is 0.109. The van der Waals surface area contributed by atoms with Gasteiger partial charge in [0.25, 0.3) is 0 Å². The smallest absolute Gasteiger partial charge is 0.150 e. The summed E-state index contributed by atoms with van der Waals surface area (Å²) in [5, 5.41) is 3.50. The molecule has 1 aliphatic rings. The summed E-state index contributed by atoms with van der Waals surface area (Å²) >= 11 is 0. The highest BCUT2D eigenvalue weighted by Gasteiger charge is 2.34. The Morgan fingerprint density at radius 3 is 2.55 bits per heavy atom. The van der Waals surface area contributed by atoms with E-state index in [1.165, 1.54) is 0 Å². The molecular formula is C15H23NO3S. The lowest BCUT2D eigenvalue weighted by molar-refractivity contribution is 0.390. The summed E-state index contributed by atoms with van der Waals surface area (Å²) < 4.78 is 28.6. The van der Waals surface area contributed by atoms with Crippen LogP contribution in [0.15, 0.2) is 24.3 Å². The van der Waals surface area contributed by atoms with Gasteiger partial charge in [0.15, 0.2) is 9.84 Å². The maximum atomic E-state index is 11.7. The van der Waals surface area contributed by atoms with E-state index in [2.05, 4.69) is 12.2 Å². The van der Waals surface area contributed by atoms with Crippen LogP contribution in [-0.4, -0.2) is 33.6 Å². The third-order valence-electron chi connectivity index (χ3n) is 3.83. The first-order chi connectivity index (χ1) is 9.55. The van der Waals surface area contributed by atoms with Crippen molar-refractivity contribution in [3.05, 3.63) is 29.8 Å². The molecular weight excluding hydrogens is 274 g/mol. The zero-order valence-electron chi connectivity index (χ0n) is 12.1. The van der Waals surface area contributed by atoms with Gasteiger partial charge < -0.3 is 10.1 Å². The first kappa shape index (κ1) is 15.3. The van der Waals surface area contributed by atoms with Gasteiger partial charge in [-0.25, -0.2) is 8.42 Å². The van der Waals surface area contributed by atoms with E-state index in [1.807, 2.05) is 24.3 Å². The molecule has 5 heteroatoms. The number of methoxy groups -OCH3 is 1. The van der Waals surface area contributed by atoms with Gasteiger partial charge in [-0.05, 0) is 43.0 Å². The Hall–Kier alpha value is -1.07. The van der Waals surface area contributed by atoms with Crippen LogP contribution in [-0.2, 0) is 9.84 Å². The normalized spacial score (nSPS) is 22.6. The minimum Gasteiger partial charge on any atom is -0.497 e. The van der Waals surface area contributed by atoms with E-state index in [0.29, 0.717) is 11.5 Å². The van der Waals surface area contributed by atoms with E-state index in [-0.39, 0.29) is 12.0 Å². The molecule has 2 rings (SSSR count). The Kier molecular flexibility index (Phi) is 5.05. The maximum absolute atomic E-state index is 11.7. The van der Waals surface area contributed by atoms with Crippen LogP contribution in [0, 0.1) is 5.92 Å². The van der Waals surface area contributed by atoms with Gasteiger partial charge in [-0.3, -0.25) is 0 Å². The van der Waals surface area contributed by atoms with Gasteiger partial charge in [-0.1, -0.05) is 19.1 Å². The van der Waals surface area contributed by atoms with Crippen molar-refractivity contribution in [3.63, 3.8) is 0 Å². The molecule has 1 aliphatic heterocycles. The standard InChI is InChI=1S/C15H23NO3S/c1-3-9-16-15(13-8-10-20(17,18)11-13)12-4-6-14(19-2)7-5-12/h4-7,13,15-16H,3,8-11H2,1-2H3. The largest absolute Gasteiger partial charge is 0.497 e. The van der Waals surface area contributed by atoms with Crippen LogP contribution in [0.2, 0.25) is 0 Å². The summed E-state index contributed by atoms with van der Waals surface area (Å²) in [4.78, 5) is 0. The molecule has 0 bridgehead atoms. The fourth-order valence-corrected chi connectivity index (χ4v) is 4.59. The summed E-state index contributed by atoms with van der Waals surface area (Å²) in [5.74, 6) is 1.60. The molecule has 2 unspecified atom stereocenters. The molecule has 1 N–H and O–H groups in total. The fraction of sp³-hybridized carbons (Fsp3) is 0.600. The van der Waals surface area contributed by atoms with E-state index >= 15 is 0 Å². The SMILES string of the molecule is CCCNC(c1ccc(OC)cc1)C1CCS(=O)(=O)C1. The van der Waals surface area contributed by atoms with Gasteiger partial charge in [0.1, 0.15) is 5.75 Å². The predicted molar refractivity (Wildman–Crippen MR) is 80.8 cm³/mol. The molecule has 1 aromatic carbocycles. The summed E-state index contributed by atoms with van der Waals surface area (Å²) in [6.07, 6.45) is 1.78. The van der Waals surface area contributed by atoms with Crippen molar-refractivity contribution in [2.75, 3.05) is 25.2 Å². The number of nitrogens with one attached hydrogen (secondary N) is 1. The predicted octanol–water partition coefficient (Wildman–Crippen LogP) is 2.17. The van der Waals surface area contributed by atoms with E-state index in [9.17, 15) is 8.42 Å². The monoisotopic (exact) mass is 297 g/mol. The first-order valence-corrected chi connectivity index (χ1v) is 8.95. The van der Waals surface area contributed by atoms with Gasteiger partial charge >= 0.3 is 0 Å². The molecule has 0 amide bonds. The van der Waals surface area contributed by atoms with E-state index < -0.39 is 9.84 Å². The molecule has 0 saturated carbocycles. The Balaban J connectivity index is 2.18. The topological polar surface area (TPSA) is 55.4 Å². The highest BCUT2D eigenvalue weighted by molar-refractivity contribution is 7.91. The molecule has 0 spiro atoms. The van der Waals surface area contributed by atoms with Crippen LogP contribution < -0.4 is 10.1 Å². The fourth-order valence-electron chi connectivity index (χ4n) is 2.75. The van der Waals surface area contributed by atoms with Crippen molar-refractivity contribution in [1.29, 1.82) is 0 Å². The molecule has 2 atom stereocenters. The van der Waals surface area contributed by atoms with Gasteiger partial charge in [0, 0.05) is 6.04 Å². The second-order valence-electron chi connectivity index (χ2n) is 5.37. The van der Waals surface area contributed by atoms with Crippen LogP contribution in [0.3, 0.4) is 0 Å². The molecule has 0 aromatic heterocycles. The van der Waals surface area contributed by atoms with E-state index in [4.69, 9.17) is 4.74 Å². The van der Waals surface area contributed by atoms with E-state index in [0.717, 1.165) is 30.7 Å². The van der Waals surface area contributed by atoms with Crippen LogP contribution >= 0.6 is 0 Å². The van der Waals surface area contributed by atoms with Gasteiger partial charge in [0.2, 0.25) is 0 Å². The van der Waals surface area contributed by atoms with Crippen LogP contribution in [0.4, 0.5) is 0 Å². The quantitative estimate of drug-likeness (QED) is 0.874. The Morgan fingerprint density at radius 1 is 1.35 bits per heavy atom.